The second kappa shape index (κ2) is 9.84. The Hall–Kier alpha value is -3.55. The van der Waals surface area contributed by atoms with Gasteiger partial charge in [0, 0.05) is 41.0 Å². The van der Waals surface area contributed by atoms with Gasteiger partial charge >= 0.3 is 0 Å². The topological polar surface area (TPSA) is 119 Å². The summed E-state index contributed by atoms with van der Waals surface area (Å²) in [7, 11) is -0.159. The molecule has 36 heavy (non-hydrogen) atoms. The molecule has 2 aliphatic rings. The molecule has 0 saturated heterocycles. The highest BCUT2D eigenvalue weighted by Gasteiger charge is 2.28. The van der Waals surface area contributed by atoms with Gasteiger partial charge in [0.05, 0.1) is 6.20 Å². The van der Waals surface area contributed by atoms with Crippen molar-refractivity contribution < 1.29 is 4.21 Å². The number of benzene rings is 1. The fourth-order valence-corrected chi connectivity index (χ4v) is 5.67. The zero-order valence-electron chi connectivity index (χ0n) is 20.8. The first-order valence-electron chi connectivity index (χ1n) is 12.1. The third kappa shape index (κ3) is 5.48. The normalized spacial score (nSPS) is 17.4. The Morgan fingerprint density at radius 3 is 2.81 bits per heavy atom. The molecular weight excluding hydrogens is 472 g/mol. The molecule has 0 fully saturated rings. The molecule has 3 aromatic rings. The van der Waals surface area contributed by atoms with Gasteiger partial charge in [0.15, 0.2) is 11.6 Å². The van der Waals surface area contributed by atoms with E-state index in [2.05, 4.69) is 60.1 Å². The van der Waals surface area contributed by atoms with Crippen LogP contribution in [0.1, 0.15) is 47.4 Å². The minimum atomic E-state index is -2.34. The number of nitrogens with one attached hydrogen (secondary N) is 2. The Bertz CT molecular complexity index is 1460. The first-order chi connectivity index (χ1) is 17.3. The van der Waals surface area contributed by atoms with Crippen LogP contribution in [0.25, 0.3) is 0 Å². The molecule has 1 aliphatic heterocycles. The highest BCUT2D eigenvalue weighted by Crippen LogP contribution is 2.39. The molecule has 0 spiro atoms. The molecule has 0 unspecified atom stereocenters. The predicted octanol–water partition coefficient (Wildman–Crippen LogP) is 4.84. The summed E-state index contributed by atoms with van der Waals surface area (Å²) < 4.78 is 16.2. The third-order valence-corrected chi connectivity index (χ3v) is 7.07. The molecule has 0 bridgehead atoms. The largest absolute Gasteiger partial charge is 0.324 e. The standard InChI is InChI=1S/C26H30N8OS/c1-34-15-18-8-5-4-7-17-11-21(12-19(16-34)24(17)18)29-26-28-14-20(13-27)25(32-26)31-22-9-6-10-23(30-22)33-36(2,3)35/h6,9-12,14,18H,4-5,7-8,15-16H2,1-3H3,(H2,28,29,30,31,32)/t18-/m1/s1. The number of anilines is 4. The second-order valence-electron chi connectivity index (χ2n) is 9.82. The van der Waals surface area contributed by atoms with E-state index in [1.165, 1.54) is 36.6 Å². The Labute approximate surface area is 212 Å². The van der Waals surface area contributed by atoms with Gasteiger partial charge in [0.1, 0.15) is 17.5 Å². The van der Waals surface area contributed by atoms with Crippen molar-refractivity contribution in [2.24, 2.45) is 4.36 Å². The first kappa shape index (κ1) is 24.2. The van der Waals surface area contributed by atoms with Crippen LogP contribution in [0, 0.1) is 11.3 Å². The summed E-state index contributed by atoms with van der Waals surface area (Å²) in [6, 6.07) is 11.8. The molecule has 0 radical (unpaired) electrons. The average molecular weight is 503 g/mol. The molecular formula is C26H30N8OS. The van der Waals surface area contributed by atoms with Crippen molar-refractivity contribution >= 4 is 38.8 Å². The highest BCUT2D eigenvalue weighted by molar-refractivity contribution is 7.92. The fourth-order valence-electron chi connectivity index (χ4n) is 5.12. The molecule has 0 saturated carbocycles. The maximum absolute atomic E-state index is 12.0. The number of likely N-dealkylation sites (N-methyl/N-ethyl adjacent to an activating group) is 1. The van der Waals surface area contributed by atoms with E-state index in [1.807, 2.05) is 0 Å². The van der Waals surface area contributed by atoms with Gasteiger partial charge in [-0.2, -0.15) is 14.6 Å². The Kier molecular flexibility index (Phi) is 6.60. The van der Waals surface area contributed by atoms with Crippen molar-refractivity contribution in [3.63, 3.8) is 0 Å². The Morgan fingerprint density at radius 2 is 2.00 bits per heavy atom. The van der Waals surface area contributed by atoms with Crippen LogP contribution in [0.15, 0.2) is 40.9 Å². The van der Waals surface area contributed by atoms with Gasteiger partial charge in [-0.05, 0) is 73.2 Å². The number of hydrogen-bond donors (Lipinski definition) is 2. The third-order valence-electron chi connectivity index (χ3n) is 6.44. The molecule has 0 amide bonds. The summed E-state index contributed by atoms with van der Waals surface area (Å²) in [5.41, 5.74) is 5.58. The van der Waals surface area contributed by atoms with E-state index >= 15 is 0 Å². The lowest BCUT2D eigenvalue weighted by Gasteiger charge is -2.33. The lowest BCUT2D eigenvalue weighted by molar-refractivity contribution is 0.274. The van der Waals surface area contributed by atoms with Gasteiger partial charge in [0.2, 0.25) is 5.95 Å². The summed E-state index contributed by atoms with van der Waals surface area (Å²) in [5.74, 6) is 2.14. The van der Waals surface area contributed by atoms with Crippen LogP contribution in [0.4, 0.5) is 29.1 Å². The number of nitriles is 1. The van der Waals surface area contributed by atoms with E-state index in [0.29, 0.717) is 34.9 Å². The Balaban J connectivity index is 1.44. The summed E-state index contributed by atoms with van der Waals surface area (Å²) in [6.45, 7) is 2.06. The smallest absolute Gasteiger partial charge is 0.229 e. The summed E-state index contributed by atoms with van der Waals surface area (Å²) in [5, 5.41) is 16.0. The van der Waals surface area contributed by atoms with Gasteiger partial charge < -0.3 is 15.5 Å². The molecule has 186 valence electrons. The monoisotopic (exact) mass is 502 g/mol. The SMILES string of the molecule is CN1Cc2cc(Nc3ncc(C#N)c(Nc4cccc(N=S(C)(C)=O)n4)n3)cc3c2[C@H](CCCC3)C1. The van der Waals surface area contributed by atoms with Crippen molar-refractivity contribution in [3.05, 3.63) is 58.8 Å². The van der Waals surface area contributed by atoms with Gasteiger partial charge in [-0.1, -0.05) is 12.5 Å². The molecule has 9 nitrogen and oxygen atoms in total. The number of aryl methyl sites for hydroxylation is 1. The van der Waals surface area contributed by atoms with Gasteiger partial charge in [-0.25, -0.2) is 14.2 Å². The van der Waals surface area contributed by atoms with Crippen LogP contribution in [0.5, 0.6) is 0 Å². The lowest BCUT2D eigenvalue weighted by atomic mass is 9.84. The van der Waals surface area contributed by atoms with Crippen LogP contribution in [-0.4, -0.2) is 50.2 Å². The van der Waals surface area contributed by atoms with Crippen molar-refractivity contribution in [3.8, 4) is 6.07 Å². The second-order valence-corrected chi connectivity index (χ2v) is 12.4. The number of nitrogens with zero attached hydrogens (tertiary/aromatic N) is 6. The van der Waals surface area contributed by atoms with Crippen molar-refractivity contribution in [2.75, 3.05) is 36.7 Å². The zero-order chi connectivity index (χ0) is 25.3. The molecule has 10 heteroatoms. The Morgan fingerprint density at radius 1 is 1.17 bits per heavy atom. The predicted molar refractivity (Wildman–Crippen MR) is 143 cm³/mol. The van der Waals surface area contributed by atoms with Crippen molar-refractivity contribution in [2.45, 2.75) is 38.1 Å². The minimum absolute atomic E-state index is 0.293. The van der Waals surface area contributed by atoms with E-state index < -0.39 is 9.73 Å². The maximum Gasteiger partial charge on any atom is 0.229 e. The van der Waals surface area contributed by atoms with Crippen molar-refractivity contribution in [1.82, 2.24) is 19.9 Å². The number of rotatable bonds is 5. The summed E-state index contributed by atoms with van der Waals surface area (Å²) in [6.07, 6.45) is 9.42. The van der Waals surface area contributed by atoms with Gasteiger partial charge in [0.25, 0.3) is 0 Å². The van der Waals surface area contributed by atoms with E-state index in [-0.39, 0.29) is 0 Å². The van der Waals surface area contributed by atoms with E-state index in [0.717, 1.165) is 25.2 Å². The molecule has 5 rings (SSSR count). The summed E-state index contributed by atoms with van der Waals surface area (Å²) >= 11 is 0. The van der Waals surface area contributed by atoms with Crippen LogP contribution in [-0.2, 0) is 22.7 Å². The average Bonchev–Trinajstić information content (AvgIpc) is 3.01. The molecule has 1 aromatic carbocycles. The van der Waals surface area contributed by atoms with E-state index in [4.69, 9.17) is 0 Å². The van der Waals surface area contributed by atoms with Crippen LogP contribution < -0.4 is 10.6 Å². The first-order valence-corrected chi connectivity index (χ1v) is 14.4. The molecule has 1 aliphatic carbocycles. The number of aromatic nitrogens is 3. The molecule has 1 atom stereocenters. The minimum Gasteiger partial charge on any atom is -0.324 e. The fraction of sp³-hybridized carbons (Fsp3) is 0.385. The van der Waals surface area contributed by atoms with Gasteiger partial charge in [-0.3, -0.25) is 0 Å². The highest BCUT2D eigenvalue weighted by atomic mass is 32.2. The van der Waals surface area contributed by atoms with Gasteiger partial charge in [-0.15, -0.1) is 0 Å². The van der Waals surface area contributed by atoms with Crippen molar-refractivity contribution in [1.29, 1.82) is 5.26 Å². The number of pyridine rings is 1. The number of hydrogen-bond acceptors (Lipinski definition) is 9. The van der Waals surface area contributed by atoms with Crippen LogP contribution >= 0.6 is 0 Å². The van der Waals surface area contributed by atoms with Crippen LogP contribution in [0.3, 0.4) is 0 Å². The maximum atomic E-state index is 12.0. The molecule has 2 N–H and O–H groups in total. The van der Waals surface area contributed by atoms with E-state index in [1.54, 1.807) is 36.3 Å². The van der Waals surface area contributed by atoms with Crippen LogP contribution in [0.2, 0.25) is 0 Å². The lowest BCUT2D eigenvalue weighted by Crippen LogP contribution is -2.30. The van der Waals surface area contributed by atoms with E-state index in [9.17, 15) is 9.47 Å². The summed E-state index contributed by atoms with van der Waals surface area (Å²) in [4.78, 5) is 15.7. The quantitative estimate of drug-likeness (QED) is 0.508. The molecule has 3 heterocycles. The zero-order valence-corrected chi connectivity index (χ0v) is 21.6. The molecule has 2 aromatic heterocycles.